The second-order valence-corrected chi connectivity index (χ2v) is 9.91. The monoisotopic (exact) mass is 473 g/mol. The van der Waals surface area contributed by atoms with Crippen molar-refractivity contribution in [2.24, 2.45) is 0 Å². The molecule has 0 saturated carbocycles. The number of fused-ring (bicyclic) bond motifs is 1. The van der Waals surface area contributed by atoms with Crippen LogP contribution in [0.2, 0.25) is 0 Å². The highest BCUT2D eigenvalue weighted by molar-refractivity contribution is 7.89. The Morgan fingerprint density at radius 3 is 2.34 bits per heavy atom. The van der Waals surface area contributed by atoms with Gasteiger partial charge in [0.1, 0.15) is 38.8 Å². The van der Waals surface area contributed by atoms with E-state index in [9.17, 15) is 17.2 Å². The summed E-state index contributed by atoms with van der Waals surface area (Å²) in [5.41, 5.74) is 2.06. The fourth-order valence-electron chi connectivity index (χ4n) is 3.71. The van der Waals surface area contributed by atoms with E-state index in [4.69, 9.17) is 0 Å². The summed E-state index contributed by atoms with van der Waals surface area (Å²) in [7, 11) is -3.92. The van der Waals surface area contributed by atoms with Crippen LogP contribution in [-0.4, -0.2) is 53.2 Å². The van der Waals surface area contributed by atoms with Crippen molar-refractivity contribution >= 4 is 37.6 Å². The van der Waals surface area contributed by atoms with Crippen molar-refractivity contribution in [3.05, 3.63) is 66.5 Å². The second kappa shape index (κ2) is 8.15. The highest BCUT2D eigenvalue weighted by Gasteiger charge is 2.31. The summed E-state index contributed by atoms with van der Waals surface area (Å²) in [5, 5.41) is 0. The van der Waals surface area contributed by atoms with Gasteiger partial charge in [0.15, 0.2) is 5.82 Å². The molecule has 3 heterocycles. The Kier molecular flexibility index (Phi) is 5.31. The number of nitrogens with zero attached hydrogens (tertiary/aromatic N) is 5. The summed E-state index contributed by atoms with van der Waals surface area (Å²) >= 11 is 1.25. The molecular weight excluding hydrogens is 456 g/mol. The molecular formula is C21H17F2N5O2S2. The van der Waals surface area contributed by atoms with E-state index in [1.807, 2.05) is 4.90 Å². The summed E-state index contributed by atoms with van der Waals surface area (Å²) in [6.45, 7) is 1.19. The Morgan fingerprint density at radius 2 is 1.62 bits per heavy atom. The zero-order valence-electron chi connectivity index (χ0n) is 16.6. The normalized spacial score (nSPS) is 15.4. The molecule has 1 saturated heterocycles. The molecule has 1 aliphatic heterocycles. The molecule has 0 aliphatic carbocycles. The average Bonchev–Trinajstić information content (AvgIpc) is 3.24. The van der Waals surface area contributed by atoms with Gasteiger partial charge in [-0.05, 0) is 47.9 Å². The van der Waals surface area contributed by atoms with Crippen molar-refractivity contribution in [2.45, 2.75) is 4.90 Å². The van der Waals surface area contributed by atoms with Gasteiger partial charge in [-0.3, -0.25) is 0 Å². The SMILES string of the molecule is O=S(=O)(c1ccccc1F)N1CCN(c2ncnc3c(-c4ccc(F)cc4)nsc23)CC1. The number of rotatable bonds is 4. The molecule has 0 bridgehead atoms. The lowest BCUT2D eigenvalue weighted by atomic mass is 10.1. The Bertz CT molecular complexity index is 1390. The van der Waals surface area contributed by atoms with Crippen molar-refractivity contribution < 1.29 is 17.2 Å². The number of halogens is 2. The van der Waals surface area contributed by atoms with Crippen LogP contribution in [0.15, 0.2) is 59.8 Å². The number of benzene rings is 2. The van der Waals surface area contributed by atoms with E-state index in [0.717, 1.165) is 16.3 Å². The third-order valence-electron chi connectivity index (χ3n) is 5.35. The number of aromatic nitrogens is 3. The van der Waals surface area contributed by atoms with E-state index >= 15 is 0 Å². The van der Waals surface area contributed by atoms with Crippen LogP contribution in [0.1, 0.15) is 0 Å². The average molecular weight is 474 g/mol. The molecule has 7 nitrogen and oxygen atoms in total. The lowest BCUT2D eigenvalue weighted by Gasteiger charge is -2.34. The van der Waals surface area contributed by atoms with E-state index in [0.29, 0.717) is 30.1 Å². The second-order valence-electron chi connectivity index (χ2n) is 7.23. The van der Waals surface area contributed by atoms with Crippen molar-refractivity contribution in [3.63, 3.8) is 0 Å². The molecule has 4 aromatic rings. The molecule has 32 heavy (non-hydrogen) atoms. The molecule has 1 aliphatic rings. The van der Waals surface area contributed by atoms with Crippen molar-refractivity contribution in [1.29, 1.82) is 0 Å². The standard InChI is InChI=1S/C21H17F2N5O2S2/c22-15-7-5-14(6-8-15)18-19-20(31-26-18)21(25-13-24-19)27-9-11-28(12-10-27)32(29,30)17-4-2-1-3-16(17)23/h1-8,13H,9-12H2. The van der Waals surface area contributed by atoms with Gasteiger partial charge in [-0.25, -0.2) is 27.2 Å². The predicted molar refractivity (Wildman–Crippen MR) is 118 cm³/mol. The van der Waals surface area contributed by atoms with Gasteiger partial charge in [0.25, 0.3) is 0 Å². The molecule has 0 unspecified atom stereocenters. The Balaban J connectivity index is 1.40. The molecule has 0 spiro atoms. The molecule has 0 radical (unpaired) electrons. The fraction of sp³-hybridized carbons (Fsp3) is 0.190. The molecule has 5 rings (SSSR count). The highest BCUT2D eigenvalue weighted by Crippen LogP contribution is 2.34. The van der Waals surface area contributed by atoms with Gasteiger partial charge in [0, 0.05) is 31.7 Å². The minimum atomic E-state index is -3.92. The first kappa shape index (κ1) is 20.9. The lowest BCUT2D eigenvalue weighted by Crippen LogP contribution is -2.49. The maximum Gasteiger partial charge on any atom is 0.246 e. The van der Waals surface area contributed by atoms with Crippen LogP contribution in [0.4, 0.5) is 14.6 Å². The van der Waals surface area contributed by atoms with Crippen LogP contribution in [0.25, 0.3) is 21.5 Å². The summed E-state index contributed by atoms with van der Waals surface area (Å²) in [6, 6.07) is 11.4. The largest absolute Gasteiger partial charge is 0.353 e. The number of anilines is 1. The topological polar surface area (TPSA) is 79.3 Å². The van der Waals surface area contributed by atoms with E-state index < -0.39 is 15.8 Å². The molecule has 2 aromatic heterocycles. The van der Waals surface area contributed by atoms with Gasteiger partial charge in [-0.15, -0.1) is 0 Å². The van der Waals surface area contributed by atoms with Gasteiger partial charge in [-0.2, -0.15) is 8.68 Å². The van der Waals surface area contributed by atoms with Gasteiger partial charge in [0.2, 0.25) is 10.0 Å². The van der Waals surface area contributed by atoms with Crippen LogP contribution in [0, 0.1) is 11.6 Å². The van der Waals surface area contributed by atoms with Crippen LogP contribution in [0.3, 0.4) is 0 Å². The first-order chi connectivity index (χ1) is 15.4. The van der Waals surface area contributed by atoms with Gasteiger partial charge < -0.3 is 4.90 Å². The fourth-order valence-corrected chi connectivity index (χ4v) is 6.07. The van der Waals surface area contributed by atoms with Crippen molar-refractivity contribution in [2.75, 3.05) is 31.1 Å². The molecule has 0 amide bonds. The minimum Gasteiger partial charge on any atom is -0.353 e. The van der Waals surface area contributed by atoms with Crippen LogP contribution >= 0.6 is 11.5 Å². The third kappa shape index (κ3) is 3.61. The molecule has 11 heteroatoms. The van der Waals surface area contributed by atoms with Crippen molar-refractivity contribution in [3.8, 4) is 11.3 Å². The van der Waals surface area contributed by atoms with E-state index in [1.165, 1.54) is 52.5 Å². The molecule has 164 valence electrons. The zero-order chi connectivity index (χ0) is 22.3. The van der Waals surface area contributed by atoms with Crippen molar-refractivity contribution in [1.82, 2.24) is 18.6 Å². The Hall–Kier alpha value is -3.02. The third-order valence-corrected chi connectivity index (χ3v) is 8.11. The number of sulfonamides is 1. The first-order valence-electron chi connectivity index (χ1n) is 9.81. The van der Waals surface area contributed by atoms with E-state index in [-0.39, 0.29) is 23.8 Å². The summed E-state index contributed by atoms with van der Waals surface area (Å²) < 4.78 is 59.6. The maximum atomic E-state index is 14.1. The Labute approximate surface area is 187 Å². The van der Waals surface area contributed by atoms with E-state index in [2.05, 4.69) is 14.3 Å². The van der Waals surface area contributed by atoms with Gasteiger partial charge in [-0.1, -0.05) is 12.1 Å². The molecule has 0 N–H and O–H groups in total. The van der Waals surface area contributed by atoms with Crippen LogP contribution < -0.4 is 4.90 Å². The first-order valence-corrected chi connectivity index (χ1v) is 12.0. The zero-order valence-corrected chi connectivity index (χ0v) is 18.3. The minimum absolute atomic E-state index is 0.200. The summed E-state index contributed by atoms with van der Waals surface area (Å²) in [4.78, 5) is 10.4. The quantitative estimate of drug-likeness (QED) is 0.451. The van der Waals surface area contributed by atoms with Crippen LogP contribution in [0.5, 0.6) is 0 Å². The molecule has 0 atom stereocenters. The van der Waals surface area contributed by atoms with Crippen LogP contribution in [-0.2, 0) is 10.0 Å². The molecule has 2 aromatic carbocycles. The summed E-state index contributed by atoms with van der Waals surface area (Å²) in [6.07, 6.45) is 1.45. The van der Waals surface area contributed by atoms with E-state index in [1.54, 1.807) is 12.1 Å². The number of hydrogen-bond acceptors (Lipinski definition) is 7. The Morgan fingerprint density at radius 1 is 0.906 bits per heavy atom. The lowest BCUT2D eigenvalue weighted by molar-refractivity contribution is 0.381. The maximum absolute atomic E-state index is 14.1. The molecule has 1 fully saturated rings. The summed E-state index contributed by atoms with van der Waals surface area (Å²) in [5.74, 6) is -0.416. The number of piperazine rings is 1. The predicted octanol–water partition coefficient (Wildman–Crippen LogP) is 3.54. The smallest absolute Gasteiger partial charge is 0.246 e. The highest BCUT2D eigenvalue weighted by atomic mass is 32.2. The van der Waals surface area contributed by atoms with Gasteiger partial charge in [0.05, 0.1) is 0 Å². The number of hydrogen-bond donors (Lipinski definition) is 0. The van der Waals surface area contributed by atoms with Gasteiger partial charge >= 0.3 is 0 Å².